The van der Waals surface area contributed by atoms with E-state index in [4.69, 9.17) is 5.73 Å². The number of aromatic nitrogens is 1. The topological polar surface area (TPSA) is 59.2 Å². The monoisotopic (exact) mass is 347 g/mol. The molecular weight excluding hydrogens is 325 g/mol. The summed E-state index contributed by atoms with van der Waals surface area (Å²) in [7, 11) is 0. The number of rotatable bonds is 4. The summed E-state index contributed by atoms with van der Waals surface area (Å²) in [5.41, 5.74) is 6.98. The smallest absolute Gasteiger partial charge is 0.265 e. The Morgan fingerprint density at radius 2 is 2.21 bits per heavy atom. The molecule has 0 bridgehead atoms. The number of halogens is 1. The van der Waals surface area contributed by atoms with Gasteiger partial charge in [-0.05, 0) is 43.4 Å². The molecule has 1 aliphatic heterocycles. The first-order chi connectivity index (χ1) is 11.5. The Kier molecular flexibility index (Phi) is 5.26. The van der Waals surface area contributed by atoms with Gasteiger partial charge < -0.3 is 10.6 Å². The van der Waals surface area contributed by atoms with Gasteiger partial charge in [-0.25, -0.2) is 9.37 Å². The van der Waals surface area contributed by atoms with E-state index in [0.717, 1.165) is 36.5 Å². The molecule has 1 aromatic carbocycles. The van der Waals surface area contributed by atoms with Gasteiger partial charge in [0.15, 0.2) is 0 Å². The third kappa shape index (κ3) is 3.99. The van der Waals surface area contributed by atoms with Gasteiger partial charge in [0.05, 0.1) is 11.2 Å². The average Bonchev–Trinajstić information content (AvgIpc) is 3.05. The van der Waals surface area contributed by atoms with Gasteiger partial charge in [0.2, 0.25) is 0 Å². The van der Waals surface area contributed by atoms with Crippen molar-refractivity contribution >= 4 is 17.2 Å². The highest BCUT2D eigenvalue weighted by Gasteiger charge is 2.27. The van der Waals surface area contributed by atoms with Crippen LogP contribution in [-0.2, 0) is 6.42 Å². The summed E-state index contributed by atoms with van der Waals surface area (Å²) in [5, 5.41) is 0.866. The molecule has 2 N–H and O–H groups in total. The maximum Gasteiger partial charge on any atom is 0.265 e. The number of carbonyl (C=O) groups is 1. The summed E-state index contributed by atoms with van der Waals surface area (Å²) in [6.45, 7) is 3.51. The zero-order valence-electron chi connectivity index (χ0n) is 13.7. The van der Waals surface area contributed by atoms with Crippen LogP contribution in [0.3, 0.4) is 0 Å². The molecule has 1 fully saturated rings. The molecule has 128 valence electrons. The van der Waals surface area contributed by atoms with Crippen LogP contribution in [0.2, 0.25) is 0 Å². The van der Waals surface area contributed by atoms with Crippen molar-refractivity contribution in [3.8, 4) is 0 Å². The van der Waals surface area contributed by atoms with Crippen molar-refractivity contribution in [3.05, 3.63) is 51.7 Å². The number of likely N-dealkylation sites (tertiary alicyclic amines) is 1. The summed E-state index contributed by atoms with van der Waals surface area (Å²) in [4.78, 5) is 19.6. The Hall–Kier alpha value is -1.79. The standard InChI is InChI=1S/C18H22FN3OS/c1-12(20)14-3-2-8-22(11-14)18(23)16-10-21-17(24-16)9-13-4-6-15(19)7-5-13/h4-7,10,12,14H,2-3,8-9,11,20H2,1H3. The van der Waals surface area contributed by atoms with Crippen molar-refractivity contribution < 1.29 is 9.18 Å². The van der Waals surface area contributed by atoms with Crippen molar-refractivity contribution in [2.45, 2.75) is 32.2 Å². The van der Waals surface area contributed by atoms with Gasteiger partial charge in [-0.3, -0.25) is 4.79 Å². The fraction of sp³-hybridized carbons (Fsp3) is 0.444. The summed E-state index contributed by atoms with van der Waals surface area (Å²) >= 11 is 1.42. The van der Waals surface area contributed by atoms with Crippen LogP contribution in [0.5, 0.6) is 0 Å². The number of nitrogens with zero attached hydrogens (tertiary/aromatic N) is 2. The second-order valence-electron chi connectivity index (χ2n) is 6.43. The first-order valence-corrected chi connectivity index (χ1v) is 9.08. The molecule has 0 radical (unpaired) electrons. The minimum Gasteiger partial charge on any atom is -0.338 e. The van der Waals surface area contributed by atoms with E-state index in [2.05, 4.69) is 4.98 Å². The zero-order valence-corrected chi connectivity index (χ0v) is 14.6. The number of benzene rings is 1. The van der Waals surface area contributed by atoms with E-state index in [0.29, 0.717) is 17.2 Å². The number of piperidine rings is 1. The van der Waals surface area contributed by atoms with Crippen molar-refractivity contribution in [3.63, 3.8) is 0 Å². The molecule has 3 rings (SSSR count). The molecule has 2 heterocycles. The largest absolute Gasteiger partial charge is 0.338 e. The molecule has 0 spiro atoms. The van der Waals surface area contributed by atoms with E-state index in [1.165, 1.54) is 23.5 Å². The van der Waals surface area contributed by atoms with E-state index in [1.54, 1.807) is 18.3 Å². The van der Waals surface area contributed by atoms with Crippen molar-refractivity contribution in [2.75, 3.05) is 13.1 Å². The lowest BCUT2D eigenvalue weighted by Gasteiger charge is -2.34. The van der Waals surface area contributed by atoms with E-state index in [9.17, 15) is 9.18 Å². The Labute approximate surface area is 145 Å². The molecule has 2 atom stereocenters. The summed E-state index contributed by atoms with van der Waals surface area (Å²) in [6, 6.07) is 6.48. The van der Waals surface area contributed by atoms with E-state index in [1.807, 2.05) is 11.8 Å². The normalized spacial score (nSPS) is 19.3. The third-order valence-electron chi connectivity index (χ3n) is 4.52. The Bertz CT molecular complexity index is 699. The van der Waals surface area contributed by atoms with Gasteiger partial charge >= 0.3 is 0 Å². The van der Waals surface area contributed by atoms with Gasteiger partial charge in [0.1, 0.15) is 10.7 Å². The fourth-order valence-electron chi connectivity index (χ4n) is 3.05. The number of carbonyl (C=O) groups excluding carboxylic acids is 1. The van der Waals surface area contributed by atoms with Gasteiger partial charge in [0.25, 0.3) is 5.91 Å². The molecule has 6 heteroatoms. The number of amides is 1. The Morgan fingerprint density at radius 1 is 1.46 bits per heavy atom. The molecule has 24 heavy (non-hydrogen) atoms. The van der Waals surface area contributed by atoms with Gasteiger partial charge in [-0.2, -0.15) is 0 Å². The van der Waals surface area contributed by atoms with Crippen LogP contribution in [0.1, 0.15) is 40.0 Å². The summed E-state index contributed by atoms with van der Waals surface area (Å²) < 4.78 is 13.0. The van der Waals surface area contributed by atoms with Crippen LogP contribution in [-0.4, -0.2) is 34.9 Å². The third-order valence-corrected chi connectivity index (χ3v) is 5.51. The molecule has 2 aromatic rings. The fourth-order valence-corrected chi connectivity index (χ4v) is 3.97. The van der Waals surface area contributed by atoms with Crippen LogP contribution in [0.25, 0.3) is 0 Å². The highest BCUT2D eigenvalue weighted by Crippen LogP contribution is 2.23. The minimum absolute atomic E-state index is 0.0446. The van der Waals surface area contributed by atoms with E-state index in [-0.39, 0.29) is 17.8 Å². The van der Waals surface area contributed by atoms with E-state index >= 15 is 0 Å². The number of hydrogen-bond donors (Lipinski definition) is 1. The van der Waals surface area contributed by atoms with Crippen LogP contribution < -0.4 is 5.73 Å². The van der Waals surface area contributed by atoms with Crippen molar-refractivity contribution in [2.24, 2.45) is 11.7 Å². The van der Waals surface area contributed by atoms with Crippen molar-refractivity contribution in [1.29, 1.82) is 0 Å². The average molecular weight is 347 g/mol. The maximum absolute atomic E-state index is 13.0. The second kappa shape index (κ2) is 7.40. The quantitative estimate of drug-likeness (QED) is 0.925. The molecule has 0 aliphatic carbocycles. The Morgan fingerprint density at radius 3 is 2.92 bits per heavy atom. The molecule has 1 aromatic heterocycles. The summed E-state index contributed by atoms with van der Waals surface area (Å²) in [6.07, 6.45) is 4.35. The number of hydrogen-bond acceptors (Lipinski definition) is 4. The molecule has 1 saturated heterocycles. The number of nitrogens with two attached hydrogens (primary N) is 1. The van der Waals surface area contributed by atoms with Crippen LogP contribution in [0.4, 0.5) is 4.39 Å². The van der Waals surface area contributed by atoms with Gasteiger partial charge in [-0.15, -0.1) is 11.3 Å². The molecule has 4 nitrogen and oxygen atoms in total. The van der Waals surface area contributed by atoms with Crippen LogP contribution >= 0.6 is 11.3 Å². The SMILES string of the molecule is CC(N)C1CCCN(C(=O)c2cnc(Cc3ccc(F)cc3)s2)C1. The molecule has 1 amide bonds. The second-order valence-corrected chi connectivity index (χ2v) is 7.55. The summed E-state index contributed by atoms with van der Waals surface area (Å²) in [5.74, 6) is 0.167. The van der Waals surface area contributed by atoms with E-state index < -0.39 is 0 Å². The lowest BCUT2D eigenvalue weighted by molar-refractivity contribution is 0.0665. The van der Waals surface area contributed by atoms with Gasteiger partial charge in [-0.1, -0.05) is 12.1 Å². The molecule has 1 aliphatic rings. The predicted molar refractivity (Wildman–Crippen MR) is 93.6 cm³/mol. The van der Waals surface area contributed by atoms with Crippen LogP contribution in [0, 0.1) is 11.7 Å². The van der Waals surface area contributed by atoms with Crippen LogP contribution in [0.15, 0.2) is 30.5 Å². The molecule has 2 unspecified atom stereocenters. The van der Waals surface area contributed by atoms with Gasteiger partial charge in [0, 0.05) is 25.6 Å². The lowest BCUT2D eigenvalue weighted by Crippen LogP contribution is -2.44. The zero-order chi connectivity index (χ0) is 17.1. The maximum atomic E-state index is 13.0. The first kappa shape index (κ1) is 17.0. The first-order valence-electron chi connectivity index (χ1n) is 8.27. The minimum atomic E-state index is -0.248. The lowest BCUT2D eigenvalue weighted by atomic mass is 9.92. The highest BCUT2D eigenvalue weighted by atomic mass is 32.1. The highest BCUT2D eigenvalue weighted by molar-refractivity contribution is 7.13. The number of thiazole rings is 1. The molecular formula is C18H22FN3OS. The Balaban J connectivity index is 1.66. The predicted octanol–water partition coefficient (Wildman–Crippen LogP) is 3.07. The van der Waals surface area contributed by atoms with Crippen molar-refractivity contribution in [1.82, 2.24) is 9.88 Å². The molecule has 0 saturated carbocycles.